The predicted octanol–water partition coefficient (Wildman–Crippen LogP) is 3.27. The zero-order chi connectivity index (χ0) is 9.26. The van der Waals surface area contributed by atoms with Crippen LogP contribution in [0.15, 0.2) is 30.5 Å². The fourth-order valence-electron chi connectivity index (χ4n) is 1.30. The normalized spacial score (nSPS) is 10.6. The highest BCUT2D eigenvalue weighted by atomic mass is 79.9. The van der Waals surface area contributed by atoms with Crippen LogP contribution in [0.3, 0.4) is 0 Å². The first-order valence-electron chi connectivity index (χ1n) is 3.91. The summed E-state index contributed by atoms with van der Waals surface area (Å²) in [4.78, 5) is 4.14. The van der Waals surface area contributed by atoms with Crippen molar-refractivity contribution in [3.8, 4) is 0 Å². The first-order valence-corrected chi connectivity index (χ1v) is 5.03. The molecule has 0 saturated heterocycles. The number of pyridine rings is 1. The minimum absolute atomic E-state index is 0.215. The molecule has 1 aromatic carbocycles. The van der Waals surface area contributed by atoms with Gasteiger partial charge < -0.3 is 0 Å². The lowest BCUT2D eigenvalue weighted by atomic mass is 10.1. The molecule has 66 valence electrons. The SMILES string of the molecule is Fc1ccc(CBr)c2ncccc12. The Labute approximate surface area is 83.7 Å². The summed E-state index contributed by atoms with van der Waals surface area (Å²) < 4.78 is 13.2. The molecule has 2 rings (SSSR count). The molecular weight excluding hydrogens is 233 g/mol. The Balaban J connectivity index is 2.84. The highest BCUT2D eigenvalue weighted by molar-refractivity contribution is 9.08. The molecule has 0 unspecified atom stereocenters. The number of nitrogens with zero attached hydrogens (tertiary/aromatic N) is 1. The van der Waals surface area contributed by atoms with Crippen molar-refractivity contribution in [2.24, 2.45) is 0 Å². The van der Waals surface area contributed by atoms with Gasteiger partial charge in [-0.1, -0.05) is 22.0 Å². The second kappa shape index (κ2) is 3.42. The van der Waals surface area contributed by atoms with Gasteiger partial charge in [0.2, 0.25) is 0 Å². The summed E-state index contributed by atoms with van der Waals surface area (Å²) in [6.45, 7) is 0. The average molecular weight is 240 g/mol. The Bertz CT molecular complexity index is 442. The van der Waals surface area contributed by atoms with Crippen molar-refractivity contribution in [3.05, 3.63) is 41.8 Å². The number of fused-ring (bicyclic) bond motifs is 1. The molecule has 0 spiro atoms. The molecule has 1 aromatic heterocycles. The average Bonchev–Trinajstić information content (AvgIpc) is 2.19. The molecule has 13 heavy (non-hydrogen) atoms. The summed E-state index contributed by atoms with van der Waals surface area (Å²) in [6.07, 6.45) is 1.67. The maximum atomic E-state index is 13.2. The van der Waals surface area contributed by atoms with Crippen LogP contribution < -0.4 is 0 Å². The van der Waals surface area contributed by atoms with Gasteiger partial charge in [-0.3, -0.25) is 4.98 Å². The molecule has 0 saturated carbocycles. The fraction of sp³-hybridized carbons (Fsp3) is 0.100. The zero-order valence-electron chi connectivity index (χ0n) is 6.80. The predicted molar refractivity (Wildman–Crippen MR) is 54.3 cm³/mol. The van der Waals surface area contributed by atoms with Crippen molar-refractivity contribution in [3.63, 3.8) is 0 Å². The number of aromatic nitrogens is 1. The van der Waals surface area contributed by atoms with Crippen LogP contribution in [-0.4, -0.2) is 4.98 Å². The van der Waals surface area contributed by atoms with E-state index in [0.29, 0.717) is 10.7 Å². The minimum atomic E-state index is -0.215. The van der Waals surface area contributed by atoms with Crippen LogP contribution in [0.4, 0.5) is 4.39 Å². The third kappa shape index (κ3) is 1.44. The molecule has 0 aliphatic rings. The van der Waals surface area contributed by atoms with E-state index in [1.165, 1.54) is 6.07 Å². The maximum Gasteiger partial charge on any atom is 0.132 e. The largest absolute Gasteiger partial charge is 0.256 e. The van der Waals surface area contributed by atoms with E-state index in [-0.39, 0.29) is 5.82 Å². The molecule has 0 amide bonds. The second-order valence-electron chi connectivity index (χ2n) is 2.74. The van der Waals surface area contributed by atoms with Crippen molar-refractivity contribution in [1.29, 1.82) is 0 Å². The van der Waals surface area contributed by atoms with Crippen LogP contribution in [0.2, 0.25) is 0 Å². The summed E-state index contributed by atoms with van der Waals surface area (Å²) in [6, 6.07) is 6.70. The van der Waals surface area contributed by atoms with Crippen LogP contribution in [0.1, 0.15) is 5.56 Å². The van der Waals surface area contributed by atoms with E-state index < -0.39 is 0 Å². The van der Waals surface area contributed by atoms with Crippen LogP contribution in [0.25, 0.3) is 10.9 Å². The fourth-order valence-corrected chi connectivity index (χ4v) is 1.76. The van der Waals surface area contributed by atoms with Gasteiger partial charge in [-0.2, -0.15) is 0 Å². The van der Waals surface area contributed by atoms with Crippen molar-refractivity contribution < 1.29 is 4.39 Å². The van der Waals surface area contributed by atoms with E-state index in [0.717, 1.165) is 11.1 Å². The Hall–Kier alpha value is -0.960. The van der Waals surface area contributed by atoms with Crippen LogP contribution in [0.5, 0.6) is 0 Å². The van der Waals surface area contributed by atoms with Crippen molar-refractivity contribution >= 4 is 26.8 Å². The lowest BCUT2D eigenvalue weighted by Gasteiger charge is -2.02. The summed E-state index contributed by atoms with van der Waals surface area (Å²) in [7, 11) is 0. The lowest BCUT2D eigenvalue weighted by Crippen LogP contribution is -1.88. The maximum absolute atomic E-state index is 13.2. The van der Waals surface area contributed by atoms with E-state index in [2.05, 4.69) is 20.9 Å². The number of rotatable bonds is 1. The third-order valence-corrected chi connectivity index (χ3v) is 2.55. The van der Waals surface area contributed by atoms with Gasteiger partial charge in [-0.25, -0.2) is 4.39 Å². The lowest BCUT2D eigenvalue weighted by molar-refractivity contribution is 0.639. The standard InChI is InChI=1S/C10H7BrFN/c11-6-7-3-4-9(12)8-2-1-5-13-10(7)8/h1-5H,6H2. The summed E-state index contributed by atoms with van der Waals surface area (Å²) in [5.41, 5.74) is 1.75. The molecule has 2 aromatic rings. The van der Waals surface area contributed by atoms with Gasteiger partial charge in [0.05, 0.1) is 5.52 Å². The summed E-state index contributed by atoms with van der Waals surface area (Å²) >= 11 is 3.34. The van der Waals surface area contributed by atoms with Crippen molar-refractivity contribution in [1.82, 2.24) is 4.98 Å². The van der Waals surface area contributed by atoms with Gasteiger partial charge in [-0.15, -0.1) is 0 Å². The van der Waals surface area contributed by atoms with E-state index in [9.17, 15) is 4.39 Å². The van der Waals surface area contributed by atoms with Gasteiger partial charge in [-0.05, 0) is 23.8 Å². The zero-order valence-corrected chi connectivity index (χ0v) is 8.38. The number of benzene rings is 1. The molecule has 0 N–H and O–H groups in total. The first-order chi connectivity index (χ1) is 6.33. The number of hydrogen-bond acceptors (Lipinski definition) is 1. The Morgan fingerprint density at radius 2 is 2.15 bits per heavy atom. The number of alkyl halides is 1. The molecule has 3 heteroatoms. The second-order valence-corrected chi connectivity index (χ2v) is 3.30. The number of halogens is 2. The molecule has 1 heterocycles. The molecule has 0 bridgehead atoms. The highest BCUT2D eigenvalue weighted by Crippen LogP contribution is 2.21. The summed E-state index contributed by atoms with van der Waals surface area (Å²) in [5, 5.41) is 1.28. The molecule has 0 radical (unpaired) electrons. The van der Waals surface area contributed by atoms with E-state index in [1.54, 1.807) is 24.4 Å². The quantitative estimate of drug-likeness (QED) is 0.697. The van der Waals surface area contributed by atoms with Gasteiger partial charge in [0.15, 0.2) is 0 Å². The van der Waals surface area contributed by atoms with Crippen LogP contribution in [-0.2, 0) is 5.33 Å². The van der Waals surface area contributed by atoms with E-state index in [1.807, 2.05) is 0 Å². The number of hydrogen-bond donors (Lipinski definition) is 0. The van der Waals surface area contributed by atoms with Crippen LogP contribution in [0, 0.1) is 5.82 Å². The third-order valence-electron chi connectivity index (χ3n) is 1.94. The van der Waals surface area contributed by atoms with E-state index >= 15 is 0 Å². The topological polar surface area (TPSA) is 12.9 Å². The smallest absolute Gasteiger partial charge is 0.132 e. The molecule has 0 atom stereocenters. The van der Waals surface area contributed by atoms with Crippen LogP contribution >= 0.6 is 15.9 Å². The molecule has 1 nitrogen and oxygen atoms in total. The molecular formula is C10H7BrFN. The molecule has 0 aliphatic carbocycles. The molecule has 0 fully saturated rings. The highest BCUT2D eigenvalue weighted by Gasteiger charge is 2.04. The van der Waals surface area contributed by atoms with Crippen molar-refractivity contribution in [2.75, 3.05) is 0 Å². The van der Waals surface area contributed by atoms with Crippen molar-refractivity contribution in [2.45, 2.75) is 5.33 Å². The molecule has 0 aliphatic heterocycles. The van der Waals surface area contributed by atoms with Gasteiger partial charge >= 0.3 is 0 Å². The van der Waals surface area contributed by atoms with Gasteiger partial charge in [0.1, 0.15) is 5.82 Å². The Kier molecular flexibility index (Phi) is 2.27. The Morgan fingerprint density at radius 1 is 1.31 bits per heavy atom. The van der Waals surface area contributed by atoms with E-state index in [4.69, 9.17) is 0 Å². The summed E-state index contributed by atoms with van der Waals surface area (Å²) in [5.74, 6) is -0.215. The first kappa shape index (κ1) is 8.63. The van der Waals surface area contributed by atoms with Gasteiger partial charge in [0, 0.05) is 16.9 Å². The Morgan fingerprint density at radius 3 is 2.92 bits per heavy atom. The van der Waals surface area contributed by atoms with Gasteiger partial charge in [0.25, 0.3) is 0 Å². The monoisotopic (exact) mass is 239 g/mol. The minimum Gasteiger partial charge on any atom is -0.256 e.